The summed E-state index contributed by atoms with van der Waals surface area (Å²) in [5, 5.41) is 3.31. The van der Waals surface area contributed by atoms with Crippen LogP contribution in [0.4, 0.5) is 0 Å². The summed E-state index contributed by atoms with van der Waals surface area (Å²) >= 11 is 0. The normalized spacial score (nSPS) is 19.9. The van der Waals surface area contributed by atoms with Crippen molar-refractivity contribution in [2.75, 3.05) is 0 Å². The van der Waals surface area contributed by atoms with E-state index in [2.05, 4.69) is 26.1 Å². The molecule has 1 N–H and O–H groups in total. The lowest BCUT2D eigenvalue weighted by Crippen LogP contribution is -2.40. The van der Waals surface area contributed by atoms with E-state index in [1.807, 2.05) is 0 Å². The number of amides is 1. The lowest BCUT2D eigenvalue weighted by atomic mass is 9.90. The highest BCUT2D eigenvalue weighted by atomic mass is 16.1. The molecule has 0 aliphatic heterocycles. The first-order valence-electron chi connectivity index (χ1n) is 8.47. The second kappa shape index (κ2) is 9.39. The quantitative estimate of drug-likeness (QED) is 0.680. The van der Waals surface area contributed by atoms with Gasteiger partial charge in [-0.05, 0) is 38.0 Å². The molecule has 19 heavy (non-hydrogen) atoms. The van der Waals surface area contributed by atoms with Gasteiger partial charge in [-0.1, -0.05) is 52.9 Å². The van der Waals surface area contributed by atoms with Crippen LogP contribution in [0.3, 0.4) is 0 Å². The van der Waals surface area contributed by atoms with Crippen LogP contribution in [-0.4, -0.2) is 11.9 Å². The maximum Gasteiger partial charge on any atom is 0.223 e. The fraction of sp³-hybridized carbons (Fsp3) is 0.941. The summed E-state index contributed by atoms with van der Waals surface area (Å²) in [5.41, 5.74) is 0. The van der Waals surface area contributed by atoms with E-state index in [0.717, 1.165) is 25.2 Å². The summed E-state index contributed by atoms with van der Waals surface area (Å²) in [6.07, 6.45) is 12.0. The number of hydrogen-bond donors (Lipinski definition) is 1. The van der Waals surface area contributed by atoms with Crippen LogP contribution in [0, 0.1) is 11.8 Å². The largest absolute Gasteiger partial charge is 0.353 e. The van der Waals surface area contributed by atoms with E-state index in [1.54, 1.807) is 0 Å². The molecule has 1 aliphatic rings. The lowest BCUT2D eigenvalue weighted by Gasteiger charge is -2.26. The number of nitrogens with one attached hydrogen (secondary N) is 1. The molecule has 0 radical (unpaired) electrons. The monoisotopic (exact) mass is 267 g/mol. The summed E-state index contributed by atoms with van der Waals surface area (Å²) < 4.78 is 0. The second-order valence-corrected chi connectivity index (χ2v) is 6.42. The van der Waals surface area contributed by atoms with Crippen LogP contribution in [0.2, 0.25) is 0 Å². The fourth-order valence-corrected chi connectivity index (χ4v) is 3.01. The fourth-order valence-electron chi connectivity index (χ4n) is 3.01. The first kappa shape index (κ1) is 16.5. The summed E-state index contributed by atoms with van der Waals surface area (Å²) in [7, 11) is 0. The summed E-state index contributed by atoms with van der Waals surface area (Å²) in [6.45, 7) is 6.72. The molecule has 0 aromatic carbocycles. The lowest BCUT2D eigenvalue weighted by molar-refractivity contribution is -0.126. The molecule has 1 amide bonds. The summed E-state index contributed by atoms with van der Waals surface area (Å²) in [6, 6.07) is 0.462. The van der Waals surface area contributed by atoms with E-state index in [-0.39, 0.29) is 5.92 Å². The third-order valence-corrected chi connectivity index (χ3v) is 4.66. The number of carbonyl (C=O) groups excluding carboxylic acids is 1. The van der Waals surface area contributed by atoms with Gasteiger partial charge in [0.2, 0.25) is 5.91 Å². The Morgan fingerprint density at radius 3 is 2.37 bits per heavy atom. The van der Waals surface area contributed by atoms with Crippen LogP contribution in [0.5, 0.6) is 0 Å². The molecule has 0 aromatic heterocycles. The molecule has 1 aliphatic carbocycles. The van der Waals surface area contributed by atoms with Crippen molar-refractivity contribution >= 4 is 5.91 Å². The van der Waals surface area contributed by atoms with Crippen molar-refractivity contribution in [2.24, 2.45) is 11.8 Å². The van der Waals surface area contributed by atoms with E-state index in [9.17, 15) is 4.79 Å². The molecule has 1 fully saturated rings. The molecule has 2 nitrogen and oxygen atoms in total. The molecule has 0 bridgehead atoms. The predicted octanol–water partition coefficient (Wildman–Crippen LogP) is 4.68. The topological polar surface area (TPSA) is 29.1 Å². The molecule has 112 valence electrons. The number of rotatable bonds is 8. The molecular formula is C17H33NO. The van der Waals surface area contributed by atoms with Gasteiger partial charge in [0, 0.05) is 12.0 Å². The van der Waals surface area contributed by atoms with Crippen LogP contribution < -0.4 is 5.32 Å². The van der Waals surface area contributed by atoms with Gasteiger partial charge >= 0.3 is 0 Å². The first-order chi connectivity index (χ1) is 9.17. The van der Waals surface area contributed by atoms with Gasteiger partial charge in [-0.2, -0.15) is 0 Å². The number of hydrogen-bond acceptors (Lipinski definition) is 1. The Kier molecular flexibility index (Phi) is 8.16. The van der Waals surface area contributed by atoms with E-state index in [0.29, 0.717) is 11.9 Å². The molecule has 1 saturated carbocycles. The van der Waals surface area contributed by atoms with Gasteiger partial charge in [-0.3, -0.25) is 4.79 Å². The zero-order chi connectivity index (χ0) is 14.1. The second-order valence-electron chi connectivity index (χ2n) is 6.42. The zero-order valence-corrected chi connectivity index (χ0v) is 13.2. The van der Waals surface area contributed by atoms with E-state index >= 15 is 0 Å². The highest BCUT2D eigenvalue weighted by Crippen LogP contribution is 2.22. The van der Waals surface area contributed by atoms with Crippen LogP contribution in [-0.2, 0) is 4.79 Å². The van der Waals surface area contributed by atoms with Crippen LogP contribution in [0.25, 0.3) is 0 Å². The van der Waals surface area contributed by atoms with Gasteiger partial charge in [0.05, 0.1) is 0 Å². The van der Waals surface area contributed by atoms with Crippen molar-refractivity contribution in [3.05, 3.63) is 0 Å². The van der Waals surface area contributed by atoms with Gasteiger partial charge in [0.1, 0.15) is 0 Å². The maximum absolute atomic E-state index is 12.4. The Labute approximate surface area is 119 Å². The highest BCUT2D eigenvalue weighted by Gasteiger charge is 2.22. The van der Waals surface area contributed by atoms with Gasteiger partial charge in [-0.15, -0.1) is 0 Å². The maximum atomic E-state index is 12.4. The highest BCUT2D eigenvalue weighted by molar-refractivity contribution is 5.78. The van der Waals surface area contributed by atoms with E-state index < -0.39 is 0 Å². The molecule has 0 aromatic rings. The Morgan fingerprint density at radius 2 is 1.79 bits per heavy atom. The number of carbonyl (C=O) groups is 1. The SMILES string of the molecule is CCCC(CCC(C)CC)C(=O)NC1CCCCC1. The zero-order valence-electron chi connectivity index (χ0n) is 13.2. The molecule has 1 rings (SSSR count). The summed E-state index contributed by atoms with van der Waals surface area (Å²) in [4.78, 5) is 12.4. The minimum Gasteiger partial charge on any atom is -0.353 e. The molecule has 2 atom stereocenters. The van der Waals surface area contributed by atoms with Crippen molar-refractivity contribution in [2.45, 2.75) is 91.0 Å². The van der Waals surface area contributed by atoms with Crippen molar-refractivity contribution < 1.29 is 4.79 Å². The van der Waals surface area contributed by atoms with Gasteiger partial charge in [0.15, 0.2) is 0 Å². The first-order valence-corrected chi connectivity index (χ1v) is 8.47. The smallest absolute Gasteiger partial charge is 0.223 e. The van der Waals surface area contributed by atoms with Crippen molar-refractivity contribution in [1.29, 1.82) is 0 Å². The van der Waals surface area contributed by atoms with Gasteiger partial charge < -0.3 is 5.32 Å². The average molecular weight is 267 g/mol. The van der Waals surface area contributed by atoms with Crippen molar-refractivity contribution in [1.82, 2.24) is 5.32 Å². The third kappa shape index (κ3) is 6.44. The summed E-state index contributed by atoms with van der Waals surface area (Å²) in [5.74, 6) is 1.33. The molecule has 0 saturated heterocycles. The van der Waals surface area contributed by atoms with E-state index in [4.69, 9.17) is 0 Å². The molecular weight excluding hydrogens is 234 g/mol. The minimum atomic E-state index is 0.251. The third-order valence-electron chi connectivity index (χ3n) is 4.66. The predicted molar refractivity (Wildman–Crippen MR) is 82.1 cm³/mol. The molecule has 2 unspecified atom stereocenters. The van der Waals surface area contributed by atoms with Crippen LogP contribution >= 0.6 is 0 Å². The molecule has 2 heteroatoms. The Balaban J connectivity index is 2.37. The standard InChI is InChI=1S/C17H33NO/c1-4-9-15(13-12-14(3)5-2)17(19)18-16-10-7-6-8-11-16/h14-16H,4-13H2,1-3H3,(H,18,19). The minimum absolute atomic E-state index is 0.251. The Morgan fingerprint density at radius 1 is 1.11 bits per heavy atom. The van der Waals surface area contributed by atoms with Gasteiger partial charge in [0.25, 0.3) is 0 Å². The average Bonchev–Trinajstić information content (AvgIpc) is 2.44. The van der Waals surface area contributed by atoms with Crippen LogP contribution in [0.1, 0.15) is 85.0 Å². The molecule has 0 spiro atoms. The van der Waals surface area contributed by atoms with Crippen LogP contribution in [0.15, 0.2) is 0 Å². The van der Waals surface area contributed by atoms with Crippen molar-refractivity contribution in [3.8, 4) is 0 Å². The van der Waals surface area contributed by atoms with Gasteiger partial charge in [-0.25, -0.2) is 0 Å². The Hall–Kier alpha value is -0.530. The van der Waals surface area contributed by atoms with E-state index in [1.165, 1.54) is 44.9 Å². The molecule has 0 heterocycles. The Bertz CT molecular complexity index is 246. The van der Waals surface area contributed by atoms with Crippen molar-refractivity contribution in [3.63, 3.8) is 0 Å².